The average molecular weight is 520 g/mol. The molecule has 2 aromatic heterocycles. The zero-order chi connectivity index (χ0) is 25.7. The molecule has 1 aliphatic heterocycles. The van der Waals surface area contributed by atoms with Crippen LogP contribution in [0, 0.1) is 23.4 Å². The molecule has 1 N–H and O–H groups in total. The summed E-state index contributed by atoms with van der Waals surface area (Å²) in [5, 5.41) is 21.0. The Hall–Kier alpha value is -3.41. The van der Waals surface area contributed by atoms with E-state index < -0.39 is 34.5 Å². The van der Waals surface area contributed by atoms with Crippen LogP contribution in [-0.2, 0) is 6.42 Å². The third-order valence-corrected chi connectivity index (χ3v) is 7.96. The van der Waals surface area contributed by atoms with Crippen molar-refractivity contribution < 1.29 is 23.1 Å². The first-order valence-electron chi connectivity index (χ1n) is 11.6. The normalized spacial score (nSPS) is 18.2. The summed E-state index contributed by atoms with van der Waals surface area (Å²) in [6, 6.07) is 1.17. The standard InChI is InChI=1S/C24H24F3N5O3S/c1-12-30(2)24(35)20-22(34)21(33)16(11-32(20)31(12)10-13-5-3-4-6-13)23-29-28-19(36-23)9-15-17(26)7-14(25)8-18(15)27/h7-8,11-13,34H,3-6,9-10H2,1-2H3/t12-/m0/s1. The molecule has 5 rings (SSSR count). The van der Waals surface area contributed by atoms with Gasteiger partial charge in [0.25, 0.3) is 5.91 Å². The van der Waals surface area contributed by atoms with Crippen LogP contribution in [-0.4, -0.2) is 50.5 Å². The summed E-state index contributed by atoms with van der Waals surface area (Å²) in [7, 11) is 1.63. The average Bonchev–Trinajstić information content (AvgIpc) is 3.51. The van der Waals surface area contributed by atoms with Gasteiger partial charge in [-0.05, 0) is 25.7 Å². The zero-order valence-corrected chi connectivity index (χ0v) is 20.5. The highest BCUT2D eigenvalue weighted by molar-refractivity contribution is 7.14. The number of carbonyl (C=O) groups is 1. The van der Waals surface area contributed by atoms with Gasteiger partial charge in [-0.2, -0.15) is 0 Å². The molecule has 1 fully saturated rings. The van der Waals surface area contributed by atoms with Crippen LogP contribution in [0.4, 0.5) is 13.2 Å². The third-order valence-electron chi connectivity index (χ3n) is 7.01. The number of benzene rings is 1. The predicted octanol–water partition coefficient (Wildman–Crippen LogP) is 3.64. The second-order valence-electron chi connectivity index (χ2n) is 9.26. The highest BCUT2D eigenvalue weighted by Crippen LogP contribution is 2.32. The van der Waals surface area contributed by atoms with Crippen molar-refractivity contribution in [3.8, 4) is 16.3 Å². The van der Waals surface area contributed by atoms with Crippen molar-refractivity contribution in [2.45, 2.75) is 45.2 Å². The third kappa shape index (κ3) is 4.12. The number of aromatic nitrogens is 3. The Morgan fingerprint density at radius 2 is 1.78 bits per heavy atom. The van der Waals surface area contributed by atoms with Gasteiger partial charge in [-0.1, -0.05) is 24.2 Å². The maximum absolute atomic E-state index is 14.1. The molecular formula is C24H24F3N5O3S. The largest absolute Gasteiger partial charge is 0.502 e. The fourth-order valence-electron chi connectivity index (χ4n) is 4.88. The van der Waals surface area contributed by atoms with E-state index in [-0.39, 0.29) is 39.4 Å². The van der Waals surface area contributed by atoms with E-state index in [9.17, 15) is 27.9 Å². The summed E-state index contributed by atoms with van der Waals surface area (Å²) in [5.41, 5.74) is -1.27. The Morgan fingerprint density at radius 1 is 1.11 bits per heavy atom. The monoisotopic (exact) mass is 519 g/mol. The van der Waals surface area contributed by atoms with E-state index in [1.165, 1.54) is 15.8 Å². The van der Waals surface area contributed by atoms with Crippen molar-refractivity contribution in [3.63, 3.8) is 0 Å². The Morgan fingerprint density at radius 3 is 2.44 bits per heavy atom. The maximum atomic E-state index is 14.1. The summed E-state index contributed by atoms with van der Waals surface area (Å²) in [5.74, 6) is -3.88. The number of carbonyl (C=O) groups excluding carboxylic acids is 1. The molecule has 0 bridgehead atoms. The van der Waals surface area contributed by atoms with Gasteiger partial charge in [-0.25, -0.2) is 13.2 Å². The molecule has 3 aromatic rings. The SMILES string of the molecule is C[C@H]1N(C)C(=O)c2c(O)c(=O)c(-c3nnc(Cc4c(F)cc(F)cc4F)s3)cn2N1CC1CCCC1. The zero-order valence-electron chi connectivity index (χ0n) is 19.7. The van der Waals surface area contributed by atoms with E-state index in [2.05, 4.69) is 10.2 Å². The van der Waals surface area contributed by atoms with E-state index in [4.69, 9.17) is 0 Å². The number of hydrogen-bond acceptors (Lipinski definition) is 7. The molecule has 0 radical (unpaired) electrons. The number of pyridine rings is 1. The summed E-state index contributed by atoms with van der Waals surface area (Å²) in [4.78, 5) is 27.5. The fourth-order valence-corrected chi connectivity index (χ4v) is 5.74. The van der Waals surface area contributed by atoms with Crippen LogP contribution in [0.1, 0.15) is 53.7 Å². The molecule has 0 saturated heterocycles. The van der Waals surface area contributed by atoms with Crippen LogP contribution in [0.15, 0.2) is 23.1 Å². The first-order chi connectivity index (χ1) is 17.2. The molecule has 0 unspecified atom stereocenters. The minimum atomic E-state index is -1.05. The molecule has 36 heavy (non-hydrogen) atoms. The van der Waals surface area contributed by atoms with Gasteiger partial charge < -0.3 is 10.0 Å². The smallest absolute Gasteiger partial charge is 0.277 e. The molecule has 12 heteroatoms. The van der Waals surface area contributed by atoms with Crippen LogP contribution in [0.2, 0.25) is 0 Å². The summed E-state index contributed by atoms with van der Waals surface area (Å²) in [6.07, 6.45) is 5.25. The fraction of sp³-hybridized carbons (Fsp3) is 0.417. The molecule has 1 aliphatic carbocycles. The highest BCUT2D eigenvalue weighted by atomic mass is 32.1. The van der Waals surface area contributed by atoms with Crippen molar-refractivity contribution in [2.24, 2.45) is 5.92 Å². The molecule has 3 heterocycles. The van der Waals surface area contributed by atoms with Gasteiger partial charge in [0.2, 0.25) is 5.43 Å². The van der Waals surface area contributed by atoms with Crippen LogP contribution in [0.25, 0.3) is 10.6 Å². The maximum Gasteiger partial charge on any atom is 0.277 e. The Labute approximate surface area is 208 Å². The van der Waals surface area contributed by atoms with Gasteiger partial charge in [-0.3, -0.25) is 19.3 Å². The number of halogens is 3. The Bertz CT molecular complexity index is 1380. The van der Waals surface area contributed by atoms with E-state index in [1.54, 1.807) is 7.05 Å². The van der Waals surface area contributed by atoms with Gasteiger partial charge in [0.05, 0.1) is 5.56 Å². The van der Waals surface area contributed by atoms with E-state index >= 15 is 0 Å². The van der Waals surface area contributed by atoms with E-state index in [1.807, 2.05) is 11.9 Å². The number of nitrogens with zero attached hydrogens (tertiary/aromatic N) is 5. The number of hydrogen-bond donors (Lipinski definition) is 1. The number of aromatic hydroxyl groups is 1. The lowest BCUT2D eigenvalue weighted by atomic mass is 10.1. The van der Waals surface area contributed by atoms with Crippen molar-refractivity contribution in [2.75, 3.05) is 18.6 Å². The number of rotatable bonds is 5. The van der Waals surface area contributed by atoms with Gasteiger partial charge in [0, 0.05) is 43.9 Å². The van der Waals surface area contributed by atoms with Crippen molar-refractivity contribution >= 4 is 17.2 Å². The highest BCUT2D eigenvalue weighted by Gasteiger charge is 2.37. The Kier molecular flexibility index (Phi) is 6.23. The van der Waals surface area contributed by atoms with E-state index in [0.717, 1.165) is 37.0 Å². The summed E-state index contributed by atoms with van der Waals surface area (Å²) < 4.78 is 43.0. The van der Waals surface area contributed by atoms with Crippen LogP contribution >= 0.6 is 11.3 Å². The lowest BCUT2D eigenvalue weighted by Crippen LogP contribution is -2.59. The van der Waals surface area contributed by atoms with Gasteiger partial charge in [0.15, 0.2) is 16.5 Å². The minimum Gasteiger partial charge on any atom is -0.502 e. The first kappa shape index (κ1) is 24.3. The van der Waals surface area contributed by atoms with Crippen LogP contribution in [0.5, 0.6) is 5.75 Å². The lowest BCUT2D eigenvalue weighted by Gasteiger charge is -2.44. The van der Waals surface area contributed by atoms with Gasteiger partial charge in [0.1, 0.15) is 28.6 Å². The van der Waals surface area contributed by atoms with Gasteiger partial charge in [-0.15, -0.1) is 10.2 Å². The minimum absolute atomic E-state index is 0.0148. The molecular weight excluding hydrogens is 495 g/mol. The predicted molar refractivity (Wildman–Crippen MR) is 127 cm³/mol. The quantitative estimate of drug-likeness (QED) is 0.554. The van der Waals surface area contributed by atoms with Crippen molar-refractivity contribution in [1.29, 1.82) is 0 Å². The van der Waals surface area contributed by atoms with Crippen molar-refractivity contribution in [1.82, 2.24) is 19.8 Å². The molecule has 1 saturated carbocycles. The Balaban J connectivity index is 1.54. The molecule has 190 valence electrons. The first-order valence-corrected chi connectivity index (χ1v) is 12.5. The molecule has 1 aromatic carbocycles. The second-order valence-corrected chi connectivity index (χ2v) is 10.3. The van der Waals surface area contributed by atoms with Crippen LogP contribution < -0.4 is 10.4 Å². The molecule has 1 amide bonds. The van der Waals surface area contributed by atoms with E-state index in [0.29, 0.717) is 24.6 Å². The molecule has 8 nitrogen and oxygen atoms in total. The molecule has 1 atom stereocenters. The summed E-state index contributed by atoms with van der Waals surface area (Å²) in [6.45, 7) is 2.51. The van der Waals surface area contributed by atoms with Crippen molar-refractivity contribution in [3.05, 3.63) is 62.3 Å². The van der Waals surface area contributed by atoms with Gasteiger partial charge >= 0.3 is 0 Å². The summed E-state index contributed by atoms with van der Waals surface area (Å²) >= 11 is 0.925. The second kappa shape index (κ2) is 9.23. The topological polar surface area (TPSA) is 91.6 Å². The lowest BCUT2D eigenvalue weighted by molar-refractivity contribution is 0.0645. The number of fused-ring (bicyclic) bond motifs is 1. The van der Waals surface area contributed by atoms with Crippen LogP contribution in [0.3, 0.4) is 0 Å². The number of amides is 1. The molecule has 0 spiro atoms. The molecule has 2 aliphatic rings.